The molecule has 1 saturated heterocycles. The van der Waals surface area contributed by atoms with Crippen molar-refractivity contribution >= 4 is 39.8 Å². The monoisotopic (exact) mass is 426 g/mol. The number of carbonyl (C=O) groups is 1. The standard InChI is InChI=1S/C22H23ClN4O2.CH4/c23-19-12-16(13-26-22(19)27-17-6-9-29-10-7-17)20(28)4-2-14-1-3-18-15(11-14)5-8-25-21(18)24;/h1,3,5,8,11-13,17H,2,4,6-7,9-10H2,(H2,24,25)(H,26,27);1H4. The number of benzene rings is 1. The first-order chi connectivity index (χ1) is 14.1. The lowest BCUT2D eigenvalue weighted by Gasteiger charge is -2.24. The fourth-order valence-electron chi connectivity index (χ4n) is 3.54. The minimum atomic E-state index is 0. The van der Waals surface area contributed by atoms with Gasteiger partial charge in [-0.1, -0.05) is 37.2 Å². The van der Waals surface area contributed by atoms with Crippen molar-refractivity contribution in [1.82, 2.24) is 9.97 Å². The molecule has 1 aromatic carbocycles. The number of nitrogens with zero attached hydrogens (tertiary/aromatic N) is 2. The molecule has 158 valence electrons. The number of ketones is 1. The van der Waals surface area contributed by atoms with Gasteiger partial charge in [0.2, 0.25) is 0 Å². The Morgan fingerprint density at radius 2 is 2.00 bits per heavy atom. The van der Waals surface area contributed by atoms with Gasteiger partial charge in [-0.3, -0.25) is 4.79 Å². The summed E-state index contributed by atoms with van der Waals surface area (Å²) >= 11 is 6.36. The van der Waals surface area contributed by atoms with Crippen LogP contribution in [0, 0.1) is 0 Å². The first-order valence-corrected chi connectivity index (χ1v) is 10.1. The third-order valence-corrected chi connectivity index (χ3v) is 5.51. The number of halogens is 1. The van der Waals surface area contributed by atoms with E-state index in [4.69, 9.17) is 22.1 Å². The molecule has 7 heteroatoms. The molecule has 30 heavy (non-hydrogen) atoms. The fraction of sp³-hybridized carbons (Fsp3) is 0.348. The Hall–Kier alpha value is -2.70. The lowest BCUT2D eigenvalue weighted by atomic mass is 10.0. The van der Waals surface area contributed by atoms with E-state index in [0.29, 0.717) is 41.1 Å². The Bertz CT molecular complexity index is 1030. The number of rotatable bonds is 6. The summed E-state index contributed by atoms with van der Waals surface area (Å²) < 4.78 is 5.36. The molecule has 0 aliphatic carbocycles. The van der Waals surface area contributed by atoms with Crippen molar-refractivity contribution in [2.24, 2.45) is 0 Å². The van der Waals surface area contributed by atoms with Crippen LogP contribution in [0.25, 0.3) is 10.8 Å². The highest BCUT2D eigenvalue weighted by molar-refractivity contribution is 6.33. The first-order valence-electron chi connectivity index (χ1n) is 9.76. The van der Waals surface area contributed by atoms with Crippen LogP contribution in [-0.4, -0.2) is 35.0 Å². The molecule has 0 unspecified atom stereocenters. The lowest BCUT2D eigenvalue weighted by molar-refractivity contribution is 0.0904. The maximum Gasteiger partial charge on any atom is 0.164 e. The van der Waals surface area contributed by atoms with Gasteiger partial charge in [0.05, 0.1) is 5.02 Å². The average molecular weight is 427 g/mol. The van der Waals surface area contributed by atoms with Gasteiger partial charge >= 0.3 is 0 Å². The van der Waals surface area contributed by atoms with Crippen molar-refractivity contribution in [2.75, 3.05) is 24.3 Å². The molecule has 4 rings (SSSR count). The molecule has 0 spiro atoms. The van der Waals surface area contributed by atoms with Gasteiger partial charge in [0.15, 0.2) is 5.78 Å². The second kappa shape index (κ2) is 9.87. The Labute approximate surface area is 181 Å². The number of carbonyl (C=O) groups excluding carboxylic acids is 1. The number of aromatic nitrogens is 2. The minimum absolute atomic E-state index is 0. The molecule has 0 bridgehead atoms. The Kier molecular flexibility index (Phi) is 7.24. The number of aryl methyl sites for hydroxylation is 1. The number of fused-ring (bicyclic) bond motifs is 1. The summed E-state index contributed by atoms with van der Waals surface area (Å²) in [4.78, 5) is 21.1. The van der Waals surface area contributed by atoms with Crippen LogP contribution in [0.3, 0.4) is 0 Å². The van der Waals surface area contributed by atoms with Gasteiger partial charge in [-0.15, -0.1) is 0 Å². The maximum atomic E-state index is 12.6. The second-order valence-electron chi connectivity index (χ2n) is 7.26. The maximum absolute atomic E-state index is 12.6. The predicted octanol–water partition coefficient (Wildman–Crippen LogP) is 4.91. The summed E-state index contributed by atoms with van der Waals surface area (Å²) in [6, 6.07) is 9.91. The molecule has 1 aliphatic heterocycles. The lowest BCUT2D eigenvalue weighted by Crippen LogP contribution is -2.28. The third-order valence-electron chi connectivity index (χ3n) is 5.23. The largest absolute Gasteiger partial charge is 0.383 e. The van der Waals surface area contributed by atoms with E-state index in [2.05, 4.69) is 15.3 Å². The summed E-state index contributed by atoms with van der Waals surface area (Å²) in [6.45, 7) is 1.48. The Morgan fingerprint density at radius 1 is 1.20 bits per heavy atom. The van der Waals surface area contributed by atoms with Crippen LogP contribution >= 0.6 is 11.6 Å². The van der Waals surface area contributed by atoms with E-state index in [0.717, 1.165) is 42.4 Å². The average Bonchev–Trinajstić information content (AvgIpc) is 2.74. The van der Waals surface area contributed by atoms with E-state index >= 15 is 0 Å². The highest BCUT2D eigenvalue weighted by atomic mass is 35.5. The third kappa shape index (κ3) is 5.07. The second-order valence-corrected chi connectivity index (χ2v) is 7.67. The van der Waals surface area contributed by atoms with Gasteiger partial charge in [0, 0.05) is 49.0 Å². The fourth-order valence-corrected chi connectivity index (χ4v) is 3.76. The SMILES string of the molecule is C.Nc1nccc2cc(CCC(=O)c3cnc(NC4CCOCC4)c(Cl)c3)ccc12. The van der Waals surface area contributed by atoms with Gasteiger partial charge in [0.1, 0.15) is 11.6 Å². The van der Waals surface area contributed by atoms with Crippen LogP contribution < -0.4 is 11.1 Å². The van der Waals surface area contributed by atoms with Crippen LogP contribution in [0.4, 0.5) is 11.6 Å². The quantitative estimate of drug-likeness (QED) is 0.544. The minimum Gasteiger partial charge on any atom is -0.383 e. The van der Waals surface area contributed by atoms with Crippen molar-refractivity contribution in [3.63, 3.8) is 0 Å². The number of nitrogens with two attached hydrogens (primary N) is 1. The van der Waals surface area contributed by atoms with E-state index < -0.39 is 0 Å². The zero-order chi connectivity index (χ0) is 20.2. The number of nitrogen functional groups attached to an aromatic ring is 1. The summed E-state index contributed by atoms with van der Waals surface area (Å²) in [5.41, 5.74) is 7.50. The zero-order valence-electron chi connectivity index (χ0n) is 16.0. The smallest absolute Gasteiger partial charge is 0.164 e. The highest BCUT2D eigenvalue weighted by Crippen LogP contribution is 2.24. The molecule has 3 aromatic rings. The van der Waals surface area contributed by atoms with E-state index in [1.807, 2.05) is 24.3 Å². The number of ether oxygens (including phenoxy) is 1. The normalized spacial score (nSPS) is 14.3. The molecule has 0 radical (unpaired) electrons. The number of Topliss-reactive ketones (excluding diaryl/α,β-unsaturated/α-hetero) is 1. The van der Waals surface area contributed by atoms with Crippen molar-refractivity contribution in [1.29, 1.82) is 0 Å². The zero-order valence-corrected chi connectivity index (χ0v) is 16.8. The van der Waals surface area contributed by atoms with Crippen LogP contribution in [0.15, 0.2) is 42.7 Å². The van der Waals surface area contributed by atoms with Crippen molar-refractivity contribution < 1.29 is 9.53 Å². The number of nitrogens with one attached hydrogen (secondary N) is 1. The highest BCUT2D eigenvalue weighted by Gasteiger charge is 2.16. The molecular formula is C23H27ClN4O2. The predicted molar refractivity (Wildman–Crippen MR) is 122 cm³/mol. The van der Waals surface area contributed by atoms with Gasteiger partial charge in [-0.25, -0.2) is 9.97 Å². The molecule has 1 fully saturated rings. The van der Waals surface area contributed by atoms with Crippen LogP contribution in [0.1, 0.15) is 42.6 Å². The van der Waals surface area contributed by atoms with E-state index in [1.54, 1.807) is 18.5 Å². The van der Waals surface area contributed by atoms with Crippen LogP contribution in [0.2, 0.25) is 5.02 Å². The van der Waals surface area contributed by atoms with E-state index in [1.165, 1.54) is 0 Å². The molecule has 0 saturated carbocycles. The summed E-state index contributed by atoms with van der Waals surface area (Å²) in [6.07, 6.45) is 6.16. The van der Waals surface area contributed by atoms with E-state index in [-0.39, 0.29) is 13.2 Å². The number of hydrogen-bond acceptors (Lipinski definition) is 6. The van der Waals surface area contributed by atoms with Crippen LogP contribution in [0.5, 0.6) is 0 Å². The topological polar surface area (TPSA) is 90.1 Å². The molecule has 6 nitrogen and oxygen atoms in total. The molecule has 0 atom stereocenters. The summed E-state index contributed by atoms with van der Waals surface area (Å²) in [5, 5.41) is 5.76. The van der Waals surface area contributed by atoms with Gasteiger partial charge in [-0.2, -0.15) is 0 Å². The number of pyridine rings is 2. The van der Waals surface area contributed by atoms with Crippen molar-refractivity contribution in [3.05, 3.63) is 58.9 Å². The first kappa shape index (κ1) is 22.0. The Morgan fingerprint density at radius 3 is 2.77 bits per heavy atom. The van der Waals surface area contributed by atoms with Gasteiger partial charge in [0.25, 0.3) is 0 Å². The molecule has 1 aliphatic rings. The molecular weight excluding hydrogens is 400 g/mol. The molecule has 2 aromatic heterocycles. The molecule has 3 N–H and O–H groups in total. The van der Waals surface area contributed by atoms with Crippen molar-refractivity contribution in [2.45, 2.75) is 39.2 Å². The van der Waals surface area contributed by atoms with Crippen molar-refractivity contribution in [3.8, 4) is 0 Å². The number of anilines is 2. The van der Waals surface area contributed by atoms with Gasteiger partial charge < -0.3 is 15.8 Å². The van der Waals surface area contributed by atoms with Crippen LogP contribution in [-0.2, 0) is 11.2 Å². The Balaban J connectivity index is 0.00000256. The summed E-state index contributed by atoms with van der Waals surface area (Å²) in [7, 11) is 0. The van der Waals surface area contributed by atoms with Gasteiger partial charge in [-0.05, 0) is 42.3 Å². The molecule has 0 amide bonds. The summed E-state index contributed by atoms with van der Waals surface area (Å²) in [5.74, 6) is 1.16. The number of hydrogen-bond donors (Lipinski definition) is 2. The van der Waals surface area contributed by atoms with E-state index in [9.17, 15) is 4.79 Å². The molecule has 3 heterocycles.